The normalized spacial score (nSPS) is 9.86. The number of ether oxygens (including phenoxy) is 1. The Morgan fingerprint density at radius 3 is 2.52 bits per heavy atom. The van der Waals surface area contributed by atoms with Crippen LogP contribution < -0.4 is 0 Å². The highest BCUT2D eigenvalue weighted by molar-refractivity contribution is 6.42. The van der Waals surface area contributed by atoms with Gasteiger partial charge in [0.2, 0.25) is 5.78 Å². The number of halogens is 2. The molecule has 0 aromatic heterocycles. The van der Waals surface area contributed by atoms with Gasteiger partial charge in [-0.1, -0.05) is 42.4 Å². The average molecular weight is 328 g/mol. The molecule has 0 aliphatic carbocycles. The van der Waals surface area contributed by atoms with Crippen LogP contribution in [0.2, 0.25) is 10.0 Å². The van der Waals surface area contributed by atoms with Crippen molar-refractivity contribution in [2.75, 3.05) is 13.2 Å². The number of carbonyl (C=O) groups excluding carboxylic acids is 2. The summed E-state index contributed by atoms with van der Waals surface area (Å²) >= 11 is 11.7. The van der Waals surface area contributed by atoms with E-state index in [0.717, 1.165) is 4.90 Å². The lowest BCUT2D eigenvalue weighted by Crippen LogP contribution is -2.33. The van der Waals surface area contributed by atoms with Crippen molar-refractivity contribution in [1.29, 1.82) is 0 Å². The van der Waals surface area contributed by atoms with Gasteiger partial charge in [0.1, 0.15) is 6.61 Å². The van der Waals surface area contributed by atoms with Crippen molar-refractivity contribution in [3.05, 3.63) is 58.7 Å². The molecule has 1 aromatic carbocycles. The van der Waals surface area contributed by atoms with Crippen LogP contribution in [0.3, 0.4) is 0 Å². The van der Waals surface area contributed by atoms with E-state index < -0.39 is 11.9 Å². The molecule has 21 heavy (non-hydrogen) atoms. The van der Waals surface area contributed by atoms with E-state index in [1.165, 1.54) is 24.3 Å². The SMILES string of the molecule is C=CCOC(=O)N(CC)C(=C)C(=O)c1ccc(Cl)c(Cl)c1. The second-order valence-corrected chi connectivity index (χ2v) is 4.83. The Bertz CT molecular complexity index is 584. The number of rotatable bonds is 6. The minimum atomic E-state index is -0.657. The Balaban J connectivity index is 2.93. The van der Waals surface area contributed by atoms with Gasteiger partial charge in [0.25, 0.3) is 0 Å². The number of benzene rings is 1. The predicted octanol–water partition coefficient (Wildman–Crippen LogP) is 4.33. The first-order valence-corrected chi connectivity index (χ1v) is 6.91. The smallest absolute Gasteiger partial charge is 0.414 e. The summed E-state index contributed by atoms with van der Waals surface area (Å²) < 4.78 is 4.90. The van der Waals surface area contributed by atoms with Crippen LogP contribution >= 0.6 is 23.2 Å². The molecule has 0 saturated carbocycles. The zero-order chi connectivity index (χ0) is 16.0. The molecule has 0 radical (unpaired) electrons. The number of ketones is 1. The Hall–Kier alpha value is -1.78. The molecule has 0 atom stereocenters. The highest BCUT2D eigenvalue weighted by Crippen LogP contribution is 2.24. The van der Waals surface area contributed by atoms with Gasteiger partial charge in [-0.2, -0.15) is 0 Å². The molecule has 0 heterocycles. The van der Waals surface area contributed by atoms with Crippen molar-refractivity contribution in [2.24, 2.45) is 0 Å². The molecule has 0 saturated heterocycles. The first kappa shape index (κ1) is 17.3. The second kappa shape index (κ2) is 7.86. The van der Waals surface area contributed by atoms with Gasteiger partial charge in [-0.05, 0) is 25.1 Å². The molecule has 1 aromatic rings. The third-order valence-corrected chi connectivity index (χ3v) is 3.37. The van der Waals surface area contributed by atoms with Crippen LogP contribution in [0.15, 0.2) is 43.1 Å². The summed E-state index contributed by atoms with van der Waals surface area (Å²) in [4.78, 5) is 25.3. The zero-order valence-corrected chi connectivity index (χ0v) is 13.1. The van der Waals surface area contributed by atoms with Gasteiger partial charge in [0.15, 0.2) is 0 Å². The van der Waals surface area contributed by atoms with Gasteiger partial charge < -0.3 is 4.74 Å². The van der Waals surface area contributed by atoms with E-state index in [9.17, 15) is 9.59 Å². The molecular formula is C15H15Cl2NO3. The Morgan fingerprint density at radius 2 is 2.00 bits per heavy atom. The zero-order valence-electron chi connectivity index (χ0n) is 11.6. The predicted molar refractivity (Wildman–Crippen MR) is 83.9 cm³/mol. The minimum Gasteiger partial charge on any atom is -0.445 e. The first-order valence-electron chi connectivity index (χ1n) is 6.16. The van der Waals surface area contributed by atoms with Crippen molar-refractivity contribution in [3.8, 4) is 0 Å². The van der Waals surface area contributed by atoms with Crippen LogP contribution in [-0.4, -0.2) is 29.9 Å². The van der Waals surface area contributed by atoms with Crippen molar-refractivity contribution in [1.82, 2.24) is 4.90 Å². The number of allylic oxidation sites excluding steroid dienone is 1. The third kappa shape index (κ3) is 4.34. The minimum absolute atomic E-state index is 0.00458. The van der Waals surface area contributed by atoms with Crippen molar-refractivity contribution >= 4 is 35.1 Å². The van der Waals surface area contributed by atoms with Crippen molar-refractivity contribution in [3.63, 3.8) is 0 Å². The van der Waals surface area contributed by atoms with Crippen LogP contribution in [0.1, 0.15) is 17.3 Å². The number of hydrogen-bond acceptors (Lipinski definition) is 3. The monoisotopic (exact) mass is 327 g/mol. The van der Waals surface area contributed by atoms with Crippen molar-refractivity contribution < 1.29 is 14.3 Å². The summed E-state index contributed by atoms with van der Waals surface area (Å²) in [5, 5.41) is 0.601. The van der Waals surface area contributed by atoms with Gasteiger partial charge in [-0.25, -0.2) is 4.79 Å². The summed E-state index contributed by atoms with van der Waals surface area (Å²) in [6.07, 6.45) is 0.783. The van der Waals surface area contributed by atoms with E-state index in [1.807, 2.05) is 0 Å². The summed E-state index contributed by atoms with van der Waals surface area (Å²) in [7, 11) is 0. The highest BCUT2D eigenvalue weighted by Gasteiger charge is 2.22. The number of hydrogen-bond donors (Lipinski definition) is 0. The number of Topliss-reactive ketones (excluding diaryl/α,β-unsaturated/α-hetero) is 1. The summed E-state index contributed by atoms with van der Waals surface area (Å²) in [5.74, 6) is -0.425. The molecule has 1 rings (SSSR count). The fourth-order valence-corrected chi connectivity index (χ4v) is 1.86. The van der Waals surface area contributed by atoms with Gasteiger partial charge in [-0.15, -0.1) is 0 Å². The summed E-state index contributed by atoms with van der Waals surface area (Å²) in [5.41, 5.74) is 0.300. The molecule has 6 heteroatoms. The number of amides is 1. The molecule has 0 bridgehead atoms. The molecule has 0 N–H and O–H groups in total. The largest absolute Gasteiger partial charge is 0.445 e. The maximum Gasteiger partial charge on any atom is 0.414 e. The lowest BCUT2D eigenvalue weighted by molar-refractivity contribution is 0.0949. The highest BCUT2D eigenvalue weighted by atomic mass is 35.5. The first-order chi connectivity index (χ1) is 9.92. The molecule has 0 unspecified atom stereocenters. The molecule has 0 aliphatic rings. The van der Waals surface area contributed by atoms with E-state index in [2.05, 4.69) is 13.2 Å². The maximum atomic E-state index is 12.3. The molecule has 0 fully saturated rings. The number of likely N-dealkylation sites (N-methyl/N-ethyl adjacent to an activating group) is 1. The molecule has 0 spiro atoms. The van der Waals surface area contributed by atoms with Crippen molar-refractivity contribution in [2.45, 2.75) is 6.92 Å². The number of nitrogens with zero attached hydrogens (tertiary/aromatic N) is 1. The third-order valence-electron chi connectivity index (χ3n) is 2.63. The van der Waals surface area contributed by atoms with Crippen LogP contribution in [0, 0.1) is 0 Å². The molecule has 0 aliphatic heterocycles. The van der Waals surface area contributed by atoms with Crippen LogP contribution in [-0.2, 0) is 4.74 Å². The number of carbonyl (C=O) groups is 2. The van der Waals surface area contributed by atoms with Crippen LogP contribution in [0.4, 0.5) is 4.79 Å². The molecule has 112 valence electrons. The van der Waals surface area contributed by atoms with Gasteiger partial charge in [0.05, 0.1) is 15.7 Å². The summed E-state index contributed by atoms with van der Waals surface area (Å²) in [6.45, 7) is 9.13. The molecule has 4 nitrogen and oxygen atoms in total. The topological polar surface area (TPSA) is 46.6 Å². The van der Waals surface area contributed by atoms with Gasteiger partial charge in [0, 0.05) is 12.1 Å². The average Bonchev–Trinajstić information content (AvgIpc) is 2.47. The van der Waals surface area contributed by atoms with E-state index in [1.54, 1.807) is 6.92 Å². The van der Waals surface area contributed by atoms with E-state index in [0.29, 0.717) is 10.6 Å². The Morgan fingerprint density at radius 1 is 1.33 bits per heavy atom. The molecule has 1 amide bonds. The lowest BCUT2D eigenvalue weighted by Gasteiger charge is -2.21. The standard InChI is InChI=1S/C15H15Cl2NO3/c1-4-8-21-15(20)18(5-2)10(3)14(19)11-6-7-12(16)13(17)9-11/h4,6-7,9H,1,3,5,8H2,2H3. The van der Waals surface area contributed by atoms with E-state index in [-0.39, 0.29) is 23.9 Å². The Labute approximate surface area is 133 Å². The van der Waals surface area contributed by atoms with E-state index >= 15 is 0 Å². The van der Waals surface area contributed by atoms with Gasteiger partial charge >= 0.3 is 6.09 Å². The molecular weight excluding hydrogens is 313 g/mol. The maximum absolute atomic E-state index is 12.3. The quantitative estimate of drug-likeness (QED) is 0.443. The van der Waals surface area contributed by atoms with Crippen LogP contribution in [0.5, 0.6) is 0 Å². The van der Waals surface area contributed by atoms with Crippen LogP contribution in [0.25, 0.3) is 0 Å². The Kier molecular flexibility index (Phi) is 6.46. The fraction of sp³-hybridized carbons (Fsp3) is 0.200. The lowest BCUT2D eigenvalue weighted by atomic mass is 10.1. The van der Waals surface area contributed by atoms with E-state index in [4.69, 9.17) is 27.9 Å². The van der Waals surface area contributed by atoms with Gasteiger partial charge in [-0.3, -0.25) is 9.69 Å². The summed E-state index contributed by atoms with van der Waals surface area (Å²) in [6, 6.07) is 4.46. The second-order valence-electron chi connectivity index (χ2n) is 4.01. The fourth-order valence-electron chi connectivity index (χ4n) is 1.56.